The number of amides is 1. The van der Waals surface area contributed by atoms with Crippen LogP contribution in [0.1, 0.15) is 30.1 Å². The topological polar surface area (TPSA) is 64.4 Å². The van der Waals surface area contributed by atoms with Gasteiger partial charge in [-0.2, -0.15) is 0 Å². The first-order valence-corrected chi connectivity index (χ1v) is 5.96. The summed E-state index contributed by atoms with van der Waals surface area (Å²) in [6.07, 6.45) is 1.49. The van der Waals surface area contributed by atoms with Crippen molar-refractivity contribution in [3.05, 3.63) is 29.6 Å². The van der Waals surface area contributed by atoms with Crippen LogP contribution in [0.5, 0.6) is 0 Å². The van der Waals surface area contributed by atoms with E-state index >= 15 is 0 Å². The number of nitrogens with one attached hydrogen (secondary N) is 1. The van der Waals surface area contributed by atoms with E-state index in [4.69, 9.17) is 10.5 Å². The highest BCUT2D eigenvalue weighted by Crippen LogP contribution is 2.22. The molecule has 1 aromatic carbocycles. The Balaban J connectivity index is 2.14. The van der Waals surface area contributed by atoms with Gasteiger partial charge in [0.25, 0.3) is 5.91 Å². The molecule has 1 amide bonds. The maximum absolute atomic E-state index is 13.3. The lowest BCUT2D eigenvalue weighted by Gasteiger charge is -2.34. The van der Waals surface area contributed by atoms with Gasteiger partial charge in [0.1, 0.15) is 5.82 Å². The molecule has 5 heteroatoms. The number of rotatable bonds is 2. The summed E-state index contributed by atoms with van der Waals surface area (Å²) in [5, 5.41) is 2.91. The number of benzene rings is 1. The summed E-state index contributed by atoms with van der Waals surface area (Å²) in [4.78, 5) is 12.1. The number of anilines is 1. The SMILES string of the molecule is CC1(NC(=O)c2cccc(F)c2N)CCOCC1. The second-order valence-corrected chi connectivity index (χ2v) is 4.83. The Morgan fingerprint density at radius 3 is 2.78 bits per heavy atom. The van der Waals surface area contributed by atoms with E-state index in [1.54, 1.807) is 0 Å². The summed E-state index contributed by atoms with van der Waals surface area (Å²) in [7, 11) is 0. The minimum atomic E-state index is -0.570. The Hall–Kier alpha value is -1.62. The molecule has 1 saturated heterocycles. The van der Waals surface area contributed by atoms with Crippen molar-refractivity contribution in [2.45, 2.75) is 25.3 Å². The summed E-state index contributed by atoms with van der Waals surface area (Å²) < 4.78 is 18.5. The predicted octanol–water partition coefficient (Wildman–Crippen LogP) is 1.71. The average Bonchev–Trinajstić information content (AvgIpc) is 2.33. The number of hydrogen-bond donors (Lipinski definition) is 2. The van der Waals surface area contributed by atoms with E-state index in [-0.39, 0.29) is 22.7 Å². The van der Waals surface area contributed by atoms with Crippen molar-refractivity contribution in [3.63, 3.8) is 0 Å². The summed E-state index contributed by atoms with van der Waals surface area (Å²) in [6, 6.07) is 4.24. The maximum Gasteiger partial charge on any atom is 0.253 e. The Morgan fingerprint density at radius 1 is 1.44 bits per heavy atom. The highest BCUT2D eigenvalue weighted by molar-refractivity contribution is 5.99. The first-order valence-electron chi connectivity index (χ1n) is 5.96. The van der Waals surface area contributed by atoms with Crippen LogP contribution in [0.25, 0.3) is 0 Å². The number of nitrogens with two attached hydrogens (primary N) is 1. The van der Waals surface area contributed by atoms with Gasteiger partial charge in [-0.25, -0.2) is 4.39 Å². The lowest BCUT2D eigenvalue weighted by molar-refractivity contribution is 0.0423. The fraction of sp³-hybridized carbons (Fsp3) is 0.462. The fourth-order valence-corrected chi connectivity index (χ4v) is 2.02. The highest BCUT2D eigenvalue weighted by atomic mass is 19.1. The first kappa shape index (κ1) is 12.8. The van der Waals surface area contributed by atoms with E-state index in [1.807, 2.05) is 6.92 Å². The molecule has 2 rings (SSSR count). The molecular formula is C13H17FN2O2. The summed E-state index contributed by atoms with van der Waals surface area (Å²) in [6.45, 7) is 3.20. The molecule has 1 aliphatic heterocycles. The van der Waals surface area contributed by atoms with Crippen LogP contribution in [0, 0.1) is 5.82 Å². The van der Waals surface area contributed by atoms with Gasteiger partial charge in [0.2, 0.25) is 0 Å². The molecule has 1 heterocycles. The number of ether oxygens (including phenoxy) is 1. The van der Waals surface area contributed by atoms with Crippen LogP contribution in [-0.4, -0.2) is 24.7 Å². The fourth-order valence-electron chi connectivity index (χ4n) is 2.02. The van der Waals surface area contributed by atoms with Gasteiger partial charge < -0.3 is 15.8 Å². The van der Waals surface area contributed by atoms with Crippen LogP contribution in [-0.2, 0) is 4.74 Å². The molecule has 0 radical (unpaired) electrons. The summed E-state index contributed by atoms with van der Waals surface area (Å²) in [5.41, 5.74) is 5.34. The molecule has 1 aliphatic rings. The lowest BCUT2D eigenvalue weighted by Crippen LogP contribution is -2.49. The van der Waals surface area contributed by atoms with E-state index in [0.717, 1.165) is 12.8 Å². The van der Waals surface area contributed by atoms with Gasteiger partial charge in [-0.3, -0.25) is 4.79 Å². The number of hydrogen-bond acceptors (Lipinski definition) is 3. The molecule has 0 spiro atoms. The third kappa shape index (κ3) is 2.61. The van der Waals surface area contributed by atoms with Crippen LogP contribution in [0.2, 0.25) is 0 Å². The Morgan fingerprint density at radius 2 is 2.11 bits per heavy atom. The van der Waals surface area contributed by atoms with E-state index in [2.05, 4.69) is 5.32 Å². The molecule has 1 aromatic rings. The molecule has 0 unspecified atom stereocenters. The zero-order valence-electron chi connectivity index (χ0n) is 10.3. The largest absolute Gasteiger partial charge is 0.396 e. The molecule has 3 N–H and O–H groups in total. The van der Waals surface area contributed by atoms with E-state index < -0.39 is 5.82 Å². The molecular weight excluding hydrogens is 235 g/mol. The van der Waals surface area contributed by atoms with Crippen LogP contribution >= 0.6 is 0 Å². The highest BCUT2D eigenvalue weighted by Gasteiger charge is 2.29. The van der Waals surface area contributed by atoms with Crippen molar-refractivity contribution < 1.29 is 13.9 Å². The molecule has 0 aromatic heterocycles. The molecule has 0 atom stereocenters. The molecule has 0 aliphatic carbocycles. The second-order valence-electron chi connectivity index (χ2n) is 4.83. The van der Waals surface area contributed by atoms with Crippen molar-refractivity contribution in [2.75, 3.05) is 18.9 Å². The van der Waals surface area contributed by atoms with Crippen LogP contribution in [0.3, 0.4) is 0 Å². The summed E-state index contributed by atoms with van der Waals surface area (Å²) in [5.74, 6) is -0.906. The van der Waals surface area contributed by atoms with Crippen molar-refractivity contribution >= 4 is 11.6 Å². The minimum Gasteiger partial charge on any atom is -0.396 e. The Kier molecular flexibility index (Phi) is 3.52. The number of carbonyl (C=O) groups excluding carboxylic acids is 1. The van der Waals surface area contributed by atoms with Gasteiger partial charge in [-0.05, 0) is 31.9 Å². The van der Waals surface area contributed by atoms with Crippen molar-refractivity contribution in [1.29, 1.82) is 0 Å². The van der Waals surface area contributed by atoms with Crippen molar-refractivity contribution in [2.24, 2.45) is 0 Å². The lowest BCUT2D eigenvalue weighted by atomic mass is 9.92. The molecule has 4 nitrogen and oxygen atoms in total. The zero-order chi connectivity index (χ0) is 13.2. The summed E-state index contributed by atoms with van der Waals surface area (Å²) >= 11 is 0. The molecule has 0 bridgehead atoms. The van der Waals surface area contributed by atoms with Gasteiger partial charge in [0.05, 0.1) is 11.3 Å². The standard InChI is InChI=1S/C13H17FN2O2/c1-13(5-7-18-8-6-13)16-12(17)9-3-2-4-10(14)11(9)15/h2-4H,5-8,15H2,1H3,(H,16,17). The van der Waals surface area contributed by atoms with Gasteiger partial charge in [0, 0.05) is 18.8 Å². The predicted molar refractivity (Wildman–Crippen MR) is 66.7 cm³/mol. The quantitative estimate of drug-likeness (QED) is 0.787. The smallest absolute Gasteiger partial charge is 0.253 e. The second kappa shape index (κ2) is 4.94. The van der Waals surface area contributed by atoms with Gasteiger partial charge in [0.15, 0.2) is 0 Å². The molecule has 18 heavy (non-hydrogen) atoms. The van der Waals surface area contributed by atoms with E-state index in [9.17, 15) is 9.18 Å². The van der Waals surface area contributed by atoms with Crippen LogP contribution < -0.4 is 11.1 Å². The normalized spacial score (nSPS) is 18.3. The van der Waals surface area contributed by atoms with E-state index in [0.29, 0.717) is 13.2 Å². The van der Waals surface area contributed by atoms with Crippen molar-refractivity contribution in [1.82, 2.24) is 5.32 Å². The Labute approximate surface area is 105 Å². The van der Waals surface area contributed by atoms with Crippen molar-refractivity contribution in [3.8, 4) is 0 Å². The number of halogens is 1. The average molecular weight is 252 g/mol. The Bertz CT molecular complexity index is 456. The third-order valence-corrected chi connectivity index (χ3v) is 3.31. The van der Waals surface area contributed by atoms with Crippen LogP contribution in [0.4, 0.5) is 10.1 Å². The first-order chi connectivity index (χ1) is 8.52. The number of para-hydroxylation sites is 1. The molecule has 0 saturated carbocycles. The van der Waals surface area contributed by atoms with Gasteiger partial charge >= 0.3 is 0 Å². The van der Waals surface area contributed by atoms with Gasteiger partial charge in [-0.15, -0.1) is 0 Å². The third-order valence-electron chi connectivity index (χ3n) is 3.31. The number of nitrogen functional groups attached to an aromatic ring is 1. The monoisotopic (exact) mass is 252 g/mol. The minimum absolute atomic E-state index is 0.106. The molecule has 98 valence electrons. The molecule has 1 fully saturated rings. The zero-order valence-corrected chi connectivity index (χ0v) is 10.3. The maximum atomic E-state index is 13.3. The van der Waals surface area contributed by atoms with Crippen LogP contribution in [0.15, 0.2) is 18.2 Å². The van der Waals surface area contributed by atoms with Gasteiger partial charge in [-0.1, -0.05) is 6.07 Å². The number of carbonyl (C=O) groups is 1. The van der Waals surface area contributed by atoms with E-state index in [1.165, 1.54) is 18.2 Å².